The summed E-state index contributed by atoms with van der Waals surface area (Å²) >= 11 is 1.29. The van der Waals surface area contributed by atoms with Crippen molar-refractivity contribution >= 4 is 23.2 Å². The van der Waals surface area contributed by atoms with Crippen LogP contribution in [0, 0.1) is 0 Å². The van der Waals surface area contributed by atoms with Crippen molar-refractivity contribution in [3.05, 3.63) is 65.5 Å². The highest BCUT2D eigenvalue weighted by molar-refractivity contribution is 7.17. The van der Waals surface area contributed by atoms with Crippen LogP contribution in [-0.2, 0) is 4.79 Å². The molecule has 0 saturated heterocycles. The fourth-order valence-electron chi connectivity index (χ4n) is 2.75. The molecule has 162 valence electrons. The van der Waals surface area contributed by atoms with Crippen molar-refractivity contribution < 1.29 is 23.8 Å². The Hall–Kier alpha value is -3.52. The van der Waals surface area contributed by atoms with Gasteiger partial charge in [0.2, 0.25) is 0 Å². The van der Waals surface area contributed by atoms with Gasteiger partial charge in [-0.15, -0.1) is 11.3 Å². The van der Waals surface area contributed by atoms with Crippen molar-refractivity contribution in [1.82, 2.24) is 10.9 Å². The summed E-state index contributed by atoms with van der Waals surface area (Å²) in [7, 11) is 0. The topological polar surface area (TPSA) is 85.9 Å². The van der Waals surface area contributed by atoms with Gasteiger partial charge in [-0.05, 0) is 37.6 Å². The van der Waals surface area contributed by atoms with E-state index < -0.39 is 11.8 Å². The number of carbonyl (C=O) groups excluding carboxylic acids is 2. The lowest BCUT2D eigenvalue weighted by Gasteiger charge is -2.12. The van der Waals surface area contributed by atoms with Gasteiger partial charge in [-0.1, -0.05) is 42.5 Å². The molecule has 0 bridgehead atoms. The fourth-order valence-corrected chi connectivity index (χ4v) is 3.75. The van der Waals surface area contributed by atoms with E-state index in [1.807, 2.05) is 56.3 Å². The van der Waals surface area contributed by atoms with Crippen molar-refractivity contribution in [3.8, 4) is 27.7 Å². The van der Waals surface area contributed by atoms with Gasteiger partial charge in [0.05, 0.1) is 13.2 Å². The highest BCUT2D eigenvalue weighted by Crippen LogP contribution is 2.36. The Morgan fingerprint density at radius 1 is 0.806 bits per heavy atom. The average Bonchev–Trinajstić information content (AvgIpc) is 3.22. The molecular weight excluding hydrogens is 416 g/mol. The smallest absolute Gasteiger partial charge is 0.283 e. The molecule has 2 aromatic carbocycles. The molecule has 2 N–H and O–H groups in total. The minimum Gasteiger partial charge on any atom is -0.492 e. The number of rotatable bonds is 9. The molecule has 8 heteroatoms. The first-order valence-corrected chi connectivity index (χ1v) is 10.7. The number of hydrogen-bond donors (Lipinski definition) is 2. The maximum absolute atomic E-state index is 12.6. The number of ether oxygens (including phenoxy) is 3. The van der Waals surface area contributed by atoms with Gasteiger partial charge in [-0.3, -0.25) is 20.4 Å². The van der Waals surface area contributed by atoms with E-state index in [0.29, 0.717) is 35.3 Å². The predicted molar refractivity (Wildman–Crippen MR) is 120 cm³/mol. The van der Waals surface area contributed by atoms with E-state index in [1.165, 1.54) is 11.3 Å². The first-order valence-electron chi connectivity index (χ1n) is 9.88. The van der Waals surface area contributed by atoms with E-state index in [9.17, 15) is 9.59 Å². The predicted octanol–water partition coefficient (Wildman–Crippen LogP) is 4.05. The molecule has 0 spiro atoms. The van der Waals surface area contributed by atoms with Crippen LogP contribution < -0.4 is 25.1 Å². The Morgan fingerprint density at radius 2 is 1.42 bits per heavy atom. The summed E-state index contributed by atoms with van der Waals surface area (Å²) in [5.74, 6) is 0.515. The third kappa shape index (κ3) is 5.99. The molecule has 3 aromatic rings. The van der Waals surface area contributed by atoms with Crippen molar-refractivity contribution in [1.29, 1.82) is 0 Å². The Kier molecular flexibility index (Phi) is 7.89. The number of benzene rings is 2. The lowest BCUT2D eigenvalue weighted by molar-refractivity contribution is -0.123. The third-order valence-corrected chi connectivity index (χ3v) is 5.25. The molecular formula is C23H24N2O5S. The summed E-state index contributed by atoms with van der Waals surface area (Å²) in [6.07, 6.45) is 0. The summed E-state index contributed by atoms with van der Waals surface area (Å²) in [5.41, 5.74) is 5.77. The Bertz CT molecular complexity index is 1020. The molecule has 2 amide bonds. The van der Waals surface area contributed by atoms with Crippen LogP contribution in [0.25, 0.3) is 10.4 Å². The van der Waals surface area contributed by atoms with Gasteiger partial charge < -0.3 is 14.2 Å². The standard InChI is InChI=1S/C23H24N2O5S/c1-3-28-17-12-8-9-13-18(17)30-15-21(26)24-25-23(27)22-19(29-4-2)14-20(31-22)16-10-6-5-7-11-16/h5-14H,3-4,15H2,1-2H3,(H,24,26)(H,25,27). The van der Waals surface area contributed by atoms with Crippen LogP contribution in [0.5, 0.6) is 17.2 Å². The van der Waals surface area contributed by atoms with Crippen LogP contribution in [0.4, 0.5) is 0 Å². The molecule has 1 aromatic heterocycles. The summed E-state index contributed by atoms with van der Waals surface area (Å²) < 4.78 is 16.6. The van der Waals surface area contributed by atoms with Crippen molar-refractivity contribution in [3.63, 3.8) is 0 Å². The number of para-hydroxylation sites is 2. The Morgan fingerprint density at radius 3 is 2.10 bits per heavy atom. The van der Waals surface area contributed by atoms with Crippen LogP contribution in [0.3, 0.4) is 0 Å². The van der Waals surface area contributed by atoms with Gasteiger partial charge in [-0.2, -0.15) is 0 Å². The van der Waals surface area contributed by atoms with Gasteiger partial charge in [0.15, 0.2) is 18.1 Å². The second kappa shape index (κ2) is 11.0. The number of thiophene rings is 1. The minimum atomic E-state index is -0.502. The first kappa shape index (κ1) is 22.2. The highest BCUT2D eigenvalue weighted by atomic mass is 32.1. The molecule has 0 aliphatic rings. The molecule has 0 atom stereocenters. The second-order valence-electron chi connectivity index (χ2n) is 6.27. The zero-order valence-electron chi connectivity index (χ0n) is 17.3. The zero-order valence-corrected chi connectivity index (χ0v) is 18.2. The maximum Gasteiger partial charge on any atom is 0.283 e. The molecule has 7 nitrogen and oxygen atoms in total. The normalized spacial score (nSPS) is 10.3. The number of hydrogen-bond acceptors (Lipinski definition) is 6. The molecule has 0 unspecified atom stereocenters. The summed E-state index contributed by atoms with van der Waals surface area (Å²) in [5, 5.41) is 0. The lowest BCUT2D eigenvalue weighted by atomic mass is 10.2. The van der Waals surface area contributed by atoms with Gasteiger partial charge in [0.25, 0.3) is 11.8 Å². The van der Waals surface area contributed by atoms with E-state index in [1.54, 1.807) is 18.2 Å². The van der Waals surface area contributed by atoms with E-state index in [-0.39, 0.29) is 6.61 Å². The molecule has 0 saturated carbocycles. The number of amides is 2. The quantitative estimate of drug-likeness (QED) is 0.490. The summed E-state index contributed by atoms with van der Waals surface area (Å²) in [6.45, 7) is 4.34. The molecule has 1 heterocycles. The fraction of sp³-hybridized carbons (Fsp3) is 0.217. The number of hydrazine groups is 1. The average molecular weight is 441 g/mol. The van der Waals surface area contributed by atoms with Gasteiger partial charge in [0, 0.05) is 4.88 Å². The Labute approximate surface area is 184 Å². The van der Waals surface area contributed by atoms with E-state index in [0.717, 1.165) is 10.4 Å². The molecule has 0 fully saturated rings. The third-order valence-electron chi connectivity index (χ3n) is 4.09. The molecule has 3 rings (SSSR count). The minimum absolute atomic E-state index is 0.275. The van der Waals surface area contributed by atoms with Gasteiger partial charge in [-0.25, -0.2) is 0 Å². The highest BCUT2D eigenvalue weighted by Gasteiger charge is 2.19. The van der Waals surface area contributed by atoms with Crippen LogP contribution in [-0.4, -0.2) is 31.6 Å². The molecule has 0 radical (unpaired) electrons. The van der Waals surface area contributed by atoms with Crippen molar-refractivity contribution in [2.75, 3.05) is 19.8 Å². The number of carbonyl (C=O) groups is 2. The van der Waals surface area contributed by atoms with Gasteiger partial charge in [0.1, 0.15) is 10.6 Å². The first-order chi connectivity index (χ1) is 15.1. The summed E-state index contributed by atoms with van der Waals surface area (Å²) in [6, 6.07) is 18.6. The van der Waals surface area contributed by atoms with Crippen molar-refractivity contribution in [2.45, 2.75) is 13.8 Å². The summed E-state index contributed by atoms with van der Waals surface area (Å²) in [4.78, 5) is 26.1. The Balaban J connectivity index is 1.60. The van der Waals surface area contributed by atoms with Gasteiger partial charge >= 0.3 is 0 Å². The van der Waals surface area contributed by atoms with E-state index in [4.69, 9.17) is 14.2 Å². The van der Waals surface area contributed by atoms with Crippen molar-refractivity contribution in [2.24, 2.45) is 0 Å². The zero-order chi connectivity index (χ0) is 22.1. The van der Waals surface area contributed by atoms with Crippen LogP contribution in [0.15, 0.2) is 60.7 Å². The lowest BCUT2D eigenvalue weighted by Crippen LogP contribution is -2.43. The SMILES string of the molecule is CCOc1ccccc1OCC(=O)NNC(=O)c1sc(-c2ccccc2)cc1OCC. The maximum atomic E-state index is 12.6. The molecule has 0 aliphatic carbocycles. The monoisotopic (exact) mass is 440 g/mol. The van der Waals surface area contributed by atoms with Crippen LogP contribution in [0.2, 0.25) is 0 Å². The second-order valence-corrected chi connectivity index (χ2v) is 7.33. The van der Waals surface area contributed by atoms with Crippen LogP contribution in [0.1, 0.15) is 23.5 Å². The largest absolute Gasteiger partial charge is 0.492 e. The van der Waals surface area contributed by atoms with Crippen LogP contribution >= 0.6 is 11.3 Å². The molecule has 0 aliphatic heterocycles. The molecule has 31 heavy (non-hydrogen) atoms. The number of nitrogens with one attached hydrogen (secondary N) is 2. The van der Waals surface area contributed by atoms with E-state index in [2.05, 4.69) is 10.9 Å². The van der Waals surface area contributed by atoms with E-state index >= 15 is 0 Å².